The van der Waals surface area contributed by atoms with Crippen molar-refractivity contribution >= 4 is 0 Å². The van der Waals surface area contributed by atoms with Crippen LogP contribution in [0.2, 0.25) is 0 Å². The van der Waals surface area contributed by atoms with Crippen molar-refractivity contribution in [2.24, 2.45) is 0 Å². The molecule has 3 nitrogen and oxygen atoms in total. The zero-order valence-corrected chi connectivity index (χ0v) is 10.2. The van der Waals surface area contributed by atoms with E-state index < -0.39 is 0 Å². The molecular weight excluding hydrogens is 202 g/mol. The van der Waals surface area contributed by atoms with Gasteiger partial charge in [-0.25, -0.2) is 0 Å². The number of rotatable bonds is 6. The Morgan fingerprint density at radius 3 is 2.31 bits per heavy atom. The van der Waals surface area contributed by atoms with Crippen LogP contribution in [0.15, 0.2) is 24.3 Å². The first-order chi connectivity index (χ1) is 7.61. The van der Waals surface area contributed by atoms with Crippen LogP contribution >= 0.6 is 0 Å². The second-order valence-corrected chi connectivity index (χ2v) is 4.28. The number of ether oxygens (including phenoxy) is 1. The molecule has 0 aliphatic carbocycles. The fraction of sp³-hybridized carbons (Fsp3) is 0.538. The smallest absolute Gasteiger partial charge is 0.119 e. The number of aliphatic hydroxyl groups is 1. The van der Waals surface area contributed by atoms with Crippen LogP contribution in [-0.4, -0.2) is 23.9 Å². The maximum Gasteiger partial charge on any atom is 0.119 e. The molecule has 0 aliphatic rings. The normalized spacial score (nSPS) is 12.8. The molecule has 0 aliphatic heterocycles. The van der Waals surface area contributed by atoms with Crippen molar-refractivity contribution in [2.45, 2.75) is 39.5 Å². The summed E-state index contributed by atoms with van der Waals surface area (Å²) in [5, 5.41) is 12.1. The average molecular weight is 223 g/mol. The highest BCUT2D eigenvalue weighted by Gasteiger charge is 2.00. The van der Waals surface area contributed by atoms with Gasteiger partial charge in [-0.2, -0.15) is 0 Å². The lowest BCUT2D eigenvalue weighted by molar-refractivity contribution is 0.242. The quantitative estimate of drug-likeness (QED) is 0.774. The highest BCUT2D eigenvalue weighted by Crippen LogP contribution is 2.13. The molecular formula is C13H21NO2. The summed E-state index contributed by atoms with van der Waals surface area (Å²) in [4.78, 5) is 0. The monoisotopic (exact) mass is 223 g/mol. The summed E-state index contributed by atoms with van der Waals surface area (Å²) in [6, 6.07) is 8.15. The van der Waals surface area contributed by atoms with Gasteiger partial charge in [0.05, 0.1) is 12.7 Å². The Morgan fingerprint density at radius 2 is 1.81 bits per heavy atom. The topological polar surface area (TPSA) is 41.5 Å². The van der Waals surface area contributed by atoms with Gasteiger partial charge >= 0.3 is 0 Å². The van der Waals surface area contributed by atoms with Gasteiger partial charge in [-0.3, -0.25) is 0 Å². The van der Waals surface area contributed by atoms with Crippen molar-refractivity contribution < 1.29 is 9.84 Å². The molecule has 0 radical (unpaired) electrons. The molecule has 2 N–H and O–H groups in total. The molecule has 0 heterocycles. The number of aliphatic hydroxyl groups excluding tert-OH is 1. The third-order valence-corrected chi connectivity index (χ3v) is 2.22. The molecule has 16 heavy (non-hydrogen) atoms. The van der Waals surface area contributed by atoms with Gasteiger partial charge in [0.2, 0.25) is 0 Å². The van der Waals surface area contributed by atoms with Gasteiger partial charge in [-0.15, -0.1) is 0 Å². The first kappa shape index (κ1) is 13.0. The molecule has 1 unspecified atom stereocenters. The van der Waals surface area contributed by atoms with E-state index in [9.17, 15) is 0 Å². The molecule has 0 spiro atoms. The fourth-order valence-electron chi connectivity index (χ4n) is 1.31. The minimum Gasteiger partial charge on any atom is -0.491 e. The summed E-state index contributed by atoms with van der Waals surface area (Å²) in [5.41, 5.74) is 1.19. The van der Waals surface area contributed by atoms with Crippen LogP contribution in [0.5, 0.6) is 5.75 Å². The van der Waals surface area contributed by atoms with Crippen LogP contribution in [0.1, 0.15) is 26.3 Å². The summed E-state index contributed by atoms with van der Waals surface area (Å²) in [6.07, 6.45) is 0.207. The maximum absolute atomic E-state index is 8.87. The van der Waals surface area contributed by atoms with Gasteiger partial charge < -0.3 is 15.2 Å². The average Bonchev–Trinajstić information content (AvgIpc) is 2.27. The predicted octanol–water partition coefficient (Wildman–Crippen LogP) is 1.94. The van der Waals surface area contributed by atoms with Crippen molar-refractivity contribution in [3.05, 3.63) is 29.8 Å². The molecule has 0 aromatic heterocycles. The molecule has 1 aromatic rings. The summed E-state index contributed by atoms with van der Waals surface area (Å²) in [7, 11) is 0. The van der Waals surface area contributed by atoms with Gasteiger partial charge in [-0.1, -0.05) is 12.1 Å². The molecule has 0 fully saturated rings. The van der Waals surface area contributed by atoms with Gasteiger partial charge in [-0.05, 0) is 38.5 Å². The molecule has 0 bridgehead atoms. The molecule has 3 heteroatoms. The van der Waals surface area contributed by atoms with Crippen LogP contribution in [0, 0.1) is 0 Å². The van der Waals surface area contributed by atoms with E-state index in [4.69, 9.17) is 9.84 Å². The van der Waals surface area contributed by atoms with Crippen molar-refractivity contribution in [3.8, 4) is 5.75 Å². The standard InChI is InChI=1S/C13H21NO2/c1-10(2)16-13-6-4-12(5-7-13)8-14-11(3)9-15/h4-7,10-11,14-15H,8-9H2,1-3H3. The van der Waals surface area contributed by atoms with Crippen LogP contribution in [0.4, 0.5) is 0 Å². The van der Waals surface area contributed by atoms with E-state index in [-0.39, 0.29) is 18.8 Å². The van der Waals surface area contributed by atoms with Crippen molar-refractivity contribution in [3.63, 3.8) is 0 Å². The molecule has 1 rings (SSSR count). The minimum atomic E-state index is 0.131. The largest absolute Gasteiger partial charge is 0.491 e. The predicted molar refractivity (Wildman–Crippen MR) is 65.6 cm³/mol. The van der Waals surface area contributed by atoms with E-state index in [2.05, 4.69) is 5.32 Å². The highest BCUT2D eigenvalue weighted by atomic mass is 16.5. The van der Waals surface area contributed by atoms with E-state index >= 15 is 0 Å². The molecule has 1 aromatic carbocycles. The van der Waals surface area contributed by atoms with E-state index in [1.807, 2.05) is 45.0 Å². The van der Waals surface area contributed by atoms with Crippen LogP contribution < -0.4 is 10.1 Å². The zero-order valence-electron chi connectivity index (χ0n) is 10.2. The zero-order chi connectivity index (χ0) is 12.0. The van der Waals surface area contributed by atoms with Crippen LogP contribution in [-0.2, 0) is 6.54 Å². The lowest BCUT2D eigenvalue weighted by Crippen LogP contribution is -2.28. The molecule has 1 atom stereocenters. The summed E-state index contributed by atoms with van der Waals surface area (Å²) >= 11 is 0. The van der Waals surface area contributed by atoms with E-state index in [1.54, 1.807) is 0 Å². The summed E-state index contributed by atoms with van der Waals surface area (Å²) in [5.74, 6) is 0.897. The summed E-state index contributed by atoms with van der Waals surface area (Å²) < 4.78 is 5.56. The third-order valence-electron chi connectivity index (χ3n) is 2.22. The van der Waals surface area contributed by atoms with Gasteiger partial charge in [0.15, 0.2) is 0 Å². The lowest BCUT2D eigenvalue weighted by Gasteiger charge is -2.12. The Bertz CT molecular complexity index is 295. The number of benzene rings is 1. The van der Waals surface area contributed by atoms with Crippen LogP contribution in [0.25, 0.3) is 0 Å². The van der Waals surface area contributed by atoms with Gasteiger partial charge in [0.1, 0.15) is 5.75 Å². The third kappa shape index (κ3) is 4.64. The maximum atomic E-state index is 8.87. The van der Waals surface area contributed by atoms with Gasteiger partial charge in [0, 0.05) is 12.6 Å². The minimum absolute atomic E-state index is 0.131. The second-order valence-electron chi connectivity index (χ2n) is 4.28. The van der Waals surface area contributed by atoms with E-state index in [1.165, 1.54) is 5.56 Å². The first-order valence-corrected chi connectivity index (χ1v) is 5.71. The van der Waals surface area contributed by atoms with Crippen molar-refractivity contribution in [2.75, 3.05) is 6.61 Å². The van der Waals surface area contributed by atoms with Crippen molar-refractivity contribution in [1.29, 1.82) is 0 Å². The molecule has 0 saturated carbocycles. The second kappa shape index (κ2) is 6.51. The molecule has 0 saturated heterocycles. The Balaban J connectivity index is 2.45. The Morgan fingerprint density at radius 1 is 1.19 bits per heavy atom. The number of hydrogen-bond acceptors (Lipinski definition) is 3. The van der Waals surface area contributed by atoms with Crippen LogP contribution in [0.3, 0.4) is 0 Å². The van der Waals surface area contributed by atoms with E-state index in [0.29, 0.717) is 0 Å². The first-order valence-electron chi connectivity index (χ1n) is 5.71. The Labute approximate surface area is 97.4 Å². The number of nitrogens with one attached hydrogen (secondary N) is 1. The summed E-state index contributed by atoms with van der Waals surface area (Å²) in [6.45, 7) is 6.91. The van der Waals surface area contributed by atoms with E-state index in [0.717, 1.165) is 12.3 Å². The Kier molecular flexibility index (Phi) is 5.29. The highest BCUT2D eigenvalue weighted by molar-refractivity contribution is 5.27. The SMILES string of the molecule is CC(CO)NCc1ccc(OC(C)C)cc1. The van der Waals surface area contributed by atoms with Crippen molar-refractivity contribution in [1.82, 2.24) is 5.32 Å². The fourth-order valence-corrected chi connectivity index (χ4v) is 1.31. The van der Waals surface area contributed by atoms with Gasteiger partial charge in [0.25, 0.3) is 0 Å². The number of hydrogen-bond donors (Lipinski definition) is 2. The molecule has 90 valence electrons. The molecule has 0 amide bonds. The lowest BCUT2D eigenvalue weighted by atomic mass is 10.2. The Hall–Kier alpha value is -1.06.